The third-order valence-electron chi connectivity index (χ3n) is 6.53. The molecule has 34 heavy (non-hydrogen) atoms. The van der Waals surface area contributed by atoms with Crippen LogP contribution in [0.3, 0.4) is 0 Å². The number of aliphatic carboxylic acids is 1. The Hall–Kier alpha value is -3.35. The van der Waals surface area contributed by atoms with E-state index in [0.717, 1.165) is 16.7 Å². The van der Waals surface area contributed by atoms with E-state index in [9.17, 15) is 19.5 Å². The van der Waals surface area contributed by atoms with E-state index < -0.39 is 29.7 Å². The number of hydrogen-bond acceptors (Lipinski definition) is 4. The Kier molecular flexibility index (Phi) is 6.64. The molecule has 0 unspecified atom stereocenters. The highest BCUT2D eigenvalue weighted by atomic mass is 16.6. The Morgan fingerprint density at radius 2 is 1.62 bits per heavy atom. The summed E-state index contributed by atoms with van der Waals surface area (Å²) in [6, 6.07) is 16.5. The quantitative estimate of drug-likeness (QED) is 0.733. The van der Waals surface area contributed by atoms with Gasteiger partial charge in [-0.2, -0.15) is 0 Å². The van der Waals surface area contributed by atoms with Crippen LogP contribution < -0.4 is 0 Å². The van der Waals surface area contributed by atoms with Crippen molar-refractivity contribution >= 4 is 18.0 Å². The first-order valence-electron chi connectivity index (χ1n) is 11.8. The number of carboxylic acid groups (broad SMARTS) is 1. The highest BCUT2D eigenvalue weighted by Gasteiger charge is 2.45. The molecule has 2 aromatic rings. The Bertz CT molecular complexity index is 1060. The molecule has 2 aliphatic heterocycles. The molecule has 7 nitrogen and oxygen atoms in total. The van der Waals surface area contributed by atoms with Gasteiger partial charge in [0.25, 0.3) is 0 Å². The van der Waals surface area contributed by atoms with Crippen LogP contribution in [0.1, 0.15) is 56.2 Å². The van der Waals surface area contributed by atoms with E-state index in [4.69, 9.17) is 4.74 Å². The van der Waals surface area contributed by atoms with Gasteiger partial charge in [-0.25, -0.2) is 4.79 Å². The first-order valence-corrected chi connectivity index (χ1v) is 11.8. The summed E-state index contributed by atoms with van der Waals surface area (Å²) >= 11 is 0. The molecule has 0 bridgehead atoms. The molecular formula is C27H32N2O5. The molecule has 2 aromatic carbocycles. The topological polar surface area (TPSA) is 87.2 Å². The van der Waals surface area contributed by atoms with E-state index in [1.165, 1.54) is 4.90 Å². The molecule has 3 atom stereocenters. The second-order valence-corrected chi connectivity index (χ2v) is 10.2. The fraction of sp³-hybridized carbons (Fsp3) is 0.444. The van der Waals surface area contributed by atoms with E-state index >= 15 is 0 Å². The number of amides is 2. The Morgan fingerprint density at radius 3 is 2.26 bits per heavy atom. The highest BCUT2D eigenvalue weighted by molar-refractivity contribution is 5.87. The number of nitrogens with zero attached hydrogens (tertiary/aromatic N) is 2. The molecule has 1 fully saturated rings. The minimum absolute atomic E-state index is 0.00216. The van der Waals surface area contributed by atoms with Crippen molar-refractivity contribution in [3.05, 3.63) is 71.3 Å². The van der Waals surface area contributed by atoms with Crippen molar-refractivity contribution in [3.63, 3.8) is 0 Å². The maximum atomic E-state index is 13.9. The molecule has 4 rings (SSSR count). The zero-order chi connectivity index (χ0) is 24.5. The second-order valence-electron chi connectivity index (χ2n) is 10.2. The van der Waals surface area contributed by atoms with Gasteiger partial charge in [0.05, 0.1) is 6.42 Å². The third-order valence-corrected chi connectivity index (χ3v) is 6.53. The summed E-state index contributed by atoms with van der Waals surface area (Å²) in [6.45, 7) is 6.12. The van der Waals surface area contributed by atoms with Gasteiger partial charge in [-0.1, -0.05) is 54.6 Å². The average Bonchev–Trinajstić information content (AvgIpc) is 3.23. The standard InChI is InChI=1S/C27H32N2O5/c1-27(2,3)34-26(33)29-17-21(18-9-5-4-6-10-18)14-23(29)25(32)28-16-20-12-8-7-11-19(20)13-22(28)15-24(30)31/h4-12,21-23H,13-17H2,1-3H3,(H,30,31)/t21-,22+,23+/m0/s1. The SMILES string of the molecule is CC(C)(C)OC(=O)N1C[C@@H](c2ccccc2)C[C@@H]1C(=O)N1Cc2ccccc2C[C@@H]1CC(=O)O. The summed E-state index contributed by atoms with van der Waals surface area (Å²) in [5, 5.41) is 9.51. The molecule has 1 N–H and O–H groups in total. The van der Waals surface area contributed by atoms with Crippen molar-refractivity contribution in [1.29, 1.82) is 0 Å². The number of rotatable bonds is 4. The van der Waals surface area contributed by atoms with Crippen LogP contribution in [0.25, 0.3) is 0 Å². The number of benzene rings is 2. The summed E-state index contributed by atoms with van der Waals surface area (Å²) in [5.41, 5.74) is 2.46. The minimum Gasteiger partial charge on any atom is -0.481 e. The maximum absolute atomic E-state index is 13.9. The molecule has 0 aliphatic carbocycles. The molecule has 2 aliphatic rings. The van der Waals surface area contributed by atoms with Crippen molar-refractivity contribution in [2.24, 2.45) is 0 Å². The molecular weight excluding hydrogens is 432 g/mol. The van der Waals surface area contributed by atoms with Gasteiger partial charge in [-0.3, -0.25) is 14.5 Å². The number of carbonyl (C=O) groups is 3. The monoisotopic (exact) mass is 464 g/mol. The normalized spacial score (nSPS) is 22.3. The number of hydrogen-bond donors (Lipinski definition) is 1. The molecule has 2 heterocycles. The van der Waals surface area contributed by atoms with Crippen molar-refractivity contribution < 1.29 is 24.2 Å². The lowest BCUT2D eigenvalue weighted by atomic mass is 9.91. The number of likely N-dealkylation sites (tertiary alicyclic amines) is 1. The van der Waals surface area contributed by atoms with E-state index in [1.54, 1.807) is 25.7 Å². The van der Waals surface area contributed by atoms with Gasteiger partial charge in [-0.05, 0) is 50.3 Å². The second kappa shape index (κ2) is 9.49. The van der Waals surface area contributed by atoms with Crippen LogP contribution in [0.5, 0.6) is 0 Å². The van der Waals surface area contributed by atoms with Crippen LogP contribution in [0.4, 0.5) is 4.79 Å². The first-order chi connectivity index (χ1) is 16.1. The zero-order valence-electron chi connectivity index (χ0n) is 19.9. The zero-order valence-corrected chi connectivity index (χ0v) is 19.9. The van der Waals surface area contributed by atoms with Crippen LogP contribution in [0.15, 0.2) is 54.6 Å². The van der Waals surface area contributed by atoms with Gasteiger partial charge < -0.3 is 14.7 Å². The van der Waals surface area contributed by atoms with Crippen LogP contribution in [-0.2, 0) is 27.3 Å². The molecule has 7 heteroatoms. The lowest BCUT2D eigenvalue weighted by molar-refractivity contribution is -0.144. The summed E-state index contributed by atoms with van der Waals surface area (Å²) in [4.78, 5) is 41.9. The number of carbonyl (C=O) groups excluding carboxylic acids is 2. The van der Waals surface area contributed by atoms with Crippen LogP contribution >= 0.6 is 0 Å². The van der Waals surface area contributed by atoms with Crippen molar-refractivity contribution in [2.75, 3.05) is 6.54 Å². The van der Waals surface area contributed by atoms with Crippen LogP contribution in [0.2, 0.25) is 0 Å². The maximum Gasteiger partial charge on any atom is 0.410 e. The molecule has 0 spiro atoms. The molecule has 0 radical (unpaired) electrons. The Morgan fingerprint density at radius 1 is 0.971 bits per heavy atom. The van der Waals surface area contributed by atoms with Gasteiger partial charge in [-0.15, -0.1) is 0 Å². The largest absolute Gasteiger partial charge is 0.481 e. The Balaban J connectivity index is 1.64. The van der Waals surface area contributed by atoms with Crippen LogP contribution in [-0.4, -0.2) is 57.1 Å². The number of ether oxygens (including phenoxy) is 1. The van der Waals surface area contributed by atoms with E-state index in [1.807, 2.05) is 54.6 Å². The summed E-state index contributed by atoms with van der Waals surface area (Å²) in [7, 11) is 0. The van der Waals surface area contributed by atoms with Gasteiger partial charge in [0.2, 0.25) is 5.91 Å². The predicted octanol–water partition coefficient (Wildman–Crippen LogP) is 4.21. The lowest BCUT2D eigenvalue weighted by Gasteiger charge is -2.39. The fourth-order valence-corrected chi connectivity index (χ4v) is 4.98. The van der Waals surface area contributed by atoms with Crippen LogP contribution in [0, 0.1) is 0 Å². The predicted molar refractivity (Wildman–Crippen MR) is 127 cm³/mol. The van der Waals surface area contributed by atoms with Crippen molar-refractivity contribution in [3.8, 4) is 0 Å². The van der Waals surface area contributed by atoms with Gasteiger partial charge in [0.1, 0.15) is 11.6 Å². The van der Waals surface area contributed by atoms with Crippen molar-refractivity contribution in [1.82, 2.24) is 9.80 Å². The smallest absolute Gasteiger partial charge is 0.410 e. The van der Waals surface area contributed by atoms with Gasteiger partial charge >= 0.3 is 12.1 Å². The molecule has 0 saturated carbocycles. The number of fused-ring (bicyclic) bond motifs is 1. The summed E-state index contributed by atoms with van der Waals surface area (Å²) < 4.78 is 5.64. The van der Waals surface area contributed by atoms with E-state index in [0.29, 0.717) is 25.9 Å². The molecule has 2 amide bonds. The Labute approximate surface area is 200 Å². The number of carboxylic acids is 1. The lowest BCUT2D eigenvalue weighted by Crippen LogP contribution is -2.53. The fourth-order valence-electron chi connectivity index (χ4n) is 4.98. The average molecular weight is 465 g/mol. The van der Waals surface area contributed by atoms with Crippen molar-refractivity contribution in [2.45, 2.75) is 70.2 Å². The third kappa shape index (κ3) is 5.24. The minimum atomic E-state index is -0.945. The first kappa shape index (κ1) is 23.8. The van der Waals surface area contributed by atoms with Gasteiger partial charge in [0, 0.05) is 25.0 Å². The molecule has 180 valence electrons. The summed E-state index contributed by atoms with van der Waals surface area (Å²) in [6.07, 6.45) is 0.299. The molecule has 0 aromatic heterocycles. The van der Waals surface area contributed by atoms with Gasteiger partial charge in [0.15, 0.2) is 0 Å². The van der Waals surface area contributed by atoms with E-state index in [2.05, 4.69) is 0 Å². The highest BCUT2D eigenvalue weighted by Crippen LogP contribution is 2.35. The molecule has 1 saturated heterocycles. The van der Waals surface area contributed by atoms with E-state index in [-0.39, 0.29) is 18.2 Å². The summed E-state index contributed by atoms with van der Waals surface area (Å²) in [5.74, 6) is -1.16.